The molecule has 144 valence electrons. The second-order valence-corrected chi connectivity index (χ2v) is 6.99. The number of fused-ring (bicyclic) bond motifs is 1. The van der Waals surface area contributed by atoms with Crippen LogP contribution in [0.3, 0.4) is 0 Å². The van der Waals surface area contributed by atoms with Crippen LogP contribution in [-0.2, 0) is 20.6 Å². The number of ether oxygens (including phenoxy) is 5. The van der Waals surface area contributed by atoms with Crippen molar-refractivity contribution in [3.8, 4) is 11.5 Å². The van der Waals surface area contributed by atoms with Crippen LogP contribution in [0.4, 0.5) is 9.59 Å². The zero-order valence-corrected chi connectivity index (χ0v) is 15.7. The van der Waals surface area contributed by atoms with E-state index in [9.17, 15) is 9.59 Å². The fourth-order valence-corrected chi connectivity index (χ4v) is 2.24. The van der Waals surface area contributed by atoms with Gasteiger partial charge in [-0.2, -0.15) is 0 Å². The first-order valence-corrected chi connectivity index (χ1v) is 8.29. The zero-order valence-electron chi connectivity index (χ0n) is 15.7. The summed E-state index contributed by atoms with van der Waals surface area (Å²) < 4.78 is 25.3. The Morgan fingerprint density at radius 2 is 1.88 bits per heavy atom. The van der Waals surface area contributed by atoms with Crippen molar-refractivity contribution in [3.05, 3.63) is 23.8 Å². The molecule has 0 bridgehead atoms. The van der Waals surface area contributed by atoms with Crippen LogP contribution in [0.15, 0.2) is 18.2 Å². The Balaban J connectivity index is 1.77. The van der Waals surface area contributed by atoms with Gasteiger partial charge in [0, 0.05) is 13.1 Å². The van der Waals surface area contributed by atoms with Gasteiger partial charge in [0.25, 0.3) is 0 Å². The van der Waals surface area contributed by atoms with E-state index in [1.54, 1.807) is 27.8 Å². The molecule has 0 fully saturated rings. The van der Waals surface area contributed by atoms with Crippen molar-refractivity contribution in [1.82, 2.24) is 4.90 Å². The van der Waals surface area contributed by atoms with Crippen molar-refractivity contribution in [2.24, 2.45) is 0 Å². The first-order chi connectivity index (χ1) is 12.2. The molecule has 0 radical (unpaired) electrons. The molecule has 0 aliphatic carbocycles. The summed E-state index contributed by atoms with van der Waals surface area (Å²) in [5.74, 6) is 1.42. The lowest BCUT2D eigenvalue weighted by Gasteiger charge is -2.24. The van der Waals surface area contributed by atoms with Crippen molar-refractivity contribution in [2.45, 2.75) is 45.8 Å². The van der Waals surface area contributed by atoms with Crippen molar-refractivity contribution < 1.29 is 33.3 Å². The fourth-order valence-electron chi connectivity index (χ4n) is 2.24. The normalized spacial score (nSPS) is 13.7. The zero-order chi connectivity index (χ0) is 19.3. The monoisotopic (exact) mass is 367 g/mol. The topological polar surface area (TPSA) is 83.5 Å². The van der Waals surface area contributed by atoms with Crippen molar-refractivity contribution in [3.63, 3.8) is 0 Å². The molecular formula is C18H25NO7. The second-order valence-electron chi connectivity index (χ2n) is 6.99. The lowest BCUT2D eigenvalue weighted by atomic mass is 10.1. The Bertz CT molecular complexity index is 653. The summed E-state index contributed by atoms with van der Waals surface area (Å²) >= 11 is 0. The Morgan fingerprint density at radius 1 is 1.19 bits per heavy atom. The molecule has 2 rings (SSSR count). The summed E-state index contributed by atoms with van der Waals surface area (Å²) in [4.78, 5) is 24.9. The molecular weight excluding hydrogens is 342 g/mol. The summed E-state index contributed by atoms with van der Waals surface area (Å²) in [7, 11) is 1.62. The number of nitrogens with zero attached hydrogens (tertiary/aromatic N) is 1. The number of likely N-dealkylation sites (N-methyl/N-ethyl adjacent to an activating group) is 1. The molecule has 1 aliphatic rings. The van der Waals surface area contributed by atoms with Crippen LogP contribution >= 0.6 is 0 Å². The summed E-state index contributed by atoms with van der Waals surface area (Å²) in [5, 5.41) is 0. The molecule has 26 heavy (non-hydrogen) atoms. The van der Waals surface area contributed by atoms with Gasteiger partial charge in [-0.25, -0.2) is 9.59 Å². The van der Waals surface area contributed by atoms with Crippen LogP contribution < -0.4 is 9.47 Å². The Hall–Kier alpha value is -2.64. The van der Waals surface area contributed by atoms with Crippen LogP contribution in [0.2, 0.25) is 0 Å². The molecule has 0 saturated heterocycles. The van der Waals surface area contributed by atoms with E-state index >= 15 is 0 Å². The van der Waals surface area contributed by atoms with Gasteiger partial charge in [0.15, 0.2) is 11.5 Å². The lowest BCUT2D eigenvalue weighted by molar-refractivity contribution is -0.0521. The maximum absolute atomic E-state index is 12.1. The molecule has 1 unspecified atom stereocenters. The van der Waals surface area contributed by atoms with E-state index in [2.05, 4.69) is 0 Å². The molecule has 1 heterocycles. The number of hydrogen-bond donors (Lipinski definition) is 0. The average Bonchev–Trinajstić information content (AvgIpc) is 2.99. The average molecular weight is 367 g/mol. The van der Waals surface area contributed by atoms with E-state index < -0.39 is 24.6 Å². The summed E-state index contributed by atoms with van der Waals surface area (Å²) in [6.45, 7) is 6.75. The minimum Gasteiger partial charge on any atom is -0.454 e. The van der Waals surface area contributed by atoms with Gasteiger partial charge < -0.3 is 28.6 Å². The SMILES string of the molecule is CC(Cc1ccc2c(c1)OCO2)N(C)C(=O)OCOC(=O)OC(C)(C)C. The van der Waals surface area contributed by atoms with E-state index in [0.29, 0.717) is 17.9 Å². The smallest absolute Gasteiger partial charge is 0.454 e. The highest BCUT2D eigenvalue weighted by Crippen LogP contribution is 2.32. The third-order valence-electron chi connectivity index (χ3n) is 3.67. The number of hydrogen-bond acceptors (Lipinski definition) is 7. The summed E-state index contributed by atoms with van der Waals surface area (Å²) in [5.41, 5.74) is 0.336. The first kappa shape index (κ1) is 19.7. The van der Waals surface area contributed by atoms with Crippen LogP contribution in [0.25, 0.3) is 0 Å². The first-order valence-electron chi connectivity index (χ1n) is 8.29. The fraction of sp³-hybridized carbons (Fsp3) is 0.556. The van der Waals surface area contributed by atoms with E-state index in [0.717, 1.165) is 5.56 Å². The summed E-state index contributed by atoms with van der Waals surface area (Å²) in [6, 6.07) is 5.53. The van der Waals surface area contributed by atoms with Gasteiger partial charge in [-0.15, -0.1) is 0 Å². The molecule has 8 nitrogen and oxygen atoms in total. The van der Waals surface area contributed by atoms with Gasteiger partial charge in [-0.05, 0) is 51.8 Å². The van der Waals surface area contributed by atoms with Crippen LogP contribution in [0.5, 0.6) is 11.5 Å². The van der Waals surface area contributed by atoms with E-state index in [1.165, 1.54) is 4.90 Å². The number of amides is 1. The summed E-state index contributed by atoms with van der Waals surface area (Å²) in [6.07, 6.45) is -0.877. The highest BCUT2D eigenvalue weighted by molar-refractivity contribution is 5.68. The van der Waals surface area contributed by atoms with Gasteiger partial charge in [-0.3, -0.25) is 0 Å². The number of benzene rings is 1. The Kier molecular flexibility index (Phi) is 6.18. The Morgan fingerprint density at radius 3 is 2.58 bits per heavy atom. The number of rotatable bonds is 5. The predicted octanol–water partition coefficient (Wildman–Crippen LogP) is 3.32. The third-order valence-corrected chi connectivity index (χ3v) is 3.67. The van der Waals surface area contributed by atoms with E-state index in [-0.39, 0.29) is 12.8 Å². The molecule has 1 aromatic rings. The second kappa shape index (κ2) is 8.16. The molecule has 0 aromatic heterocycles. The molecule has 0 saturated carbocycles. The van der Waals surface area contributed by atoms with E-state index in [4.69, 9.17) is 23.7 Å². The molecule has 1 amide bonds. The van der Waals surface area contributed by atoms with Gasteiger partial charge in [0.2, 0.25) is 13.6 Å². The van der Waals surface area contributed by atoms with Crippen LogP contribution in [0.1, 0.15) is 33.3 Å². The number of carbonyl (C=O) groups is 2. The standard InChI is InChI=1S/C18H25NO7/c1-12(8-13-6-7-14-15(9-13)23-10-22-14)19(5)16(20)24-11-25-17(21)26-18(2,3)4/h6-7,9,12H,8,10-11H2,1-5H3. The van der Waals surface area contributed by atoms with Gasteiger partial charge in [0.1, 0.15) is 5.60 Å². The van der Waals surface area contributed by atoms with Crippen LogP contribution in [-0.4, -0.2) is 49.4 Å². The van der Waals surface area contributed by atoms with Crippen molar-refractivity contribution in [1.29, 1.82) is 0 Å². The van der Waals surface area contributed by atoms with Crippen LogP contribution in [0, 0.1) is 0 Å². The minimum absolute atomic E-state index is 0.135. The van der Waals surface area contributed by atoms with Gasteiger partial charge >= 0.3 is 12.2 Å². The van der Waals surface area contributed by atoms with Gasteiger partial charge in [0.05, 0.1) is 0 Å². The molecule has 8 heteroatoms. The highest BCUT2D eigenvalue weighted by Gasteiger charge is 2.21. The van der Waals surface area contributed by atoms with Crippen molar-refractivity contribution in [2.75, 3.05) is 20.6 Å². The largest absolute Gasteiger partial charge is 0.511 e. The van der Waals surface area contributed by atoms with Crippen molar-refractivity contribution >= 4 is 12.2 Å². The maximum Gasteiger partial charge on any atom is 0.511 e. The predicted molar refractivity (Wildman–Crippen MR) is 92.2 cm³/mol. The highest BCUT2D eigenvalue weighted by atomic mass is 16.8. The third kappa shape index (κ3) is 5.72. The Labute approximate surface area is 152 Å². The minimum atomic E-state index is -0.888. The number of carbonyl (C=O) groups excluding carboxylic acids is 2. The quantitative estimate of drug-likeness (QED) is 0.583. The molecule has 1 aromatic carbocycles. The molecule has 0 N–H and O–H groups in total. The van der Waals surface area contributed by atoms with Gasteiger partial charge in [-0.1, -0.05) is 6.07 Å². The molecule has 0 spiro atoms. The molecule has 1 atom stereocenters. The van der Waals surface area contributed by atoms with E-state index in [1.807, 2.05) is 25.1 Å². The molecule has 1 aliphatic heterocycles. The maximum atomic E-state index is 12.1. The lowest BCUT2D eigenvalue weighted by Crippen LogP contribution is -2.37.